The third-order valence-electron chi connectivity index (χ3n) is 2.86. The number of amides is 2. The fraction of sp³-hybridized carbons (Fsp3) is 0.286. The average Bonchev–Trinajstić information content (AvgIpc) is 2.93. The molecular weight excluding hydrogens is 256 g/mol. The standard InChI is InChI=1S/C14H18N4O2/c1-18(2)11(12-6-5-9-20-12)10-16-14(19)17-13-7-3-4-8-15-13/h3-9,11H,10H2,1-2H3,(H2,15,16,17,19)/t11-/m0/s1. The second kappa shape index (κ2) is 6.72. The number of aromatic nitrogens is 1. The van der Waals surface area contributed by atoms with Crippen LogP contribution in [0.4, 0.5) is 10.6 Å². The van der Waals surface area contributed by atoms with Crippen LogP contribution in [0.1, 0.15) is 11.8 Å². The first kappa shape index (κ1) is 14.1. The number of carbonyl (C=O) groups is 1. The molecule has 2 heterocycles. The van der Waals surface area contributed by atoms with E-state index in [0.717, 1.165) is 5.76 Å². The van der Waals surface area contributed by atoms with Gasteiger partial charge in [-0.05, 0) is 38.4 Å². The molecule has 2 aromatic heterocycles. The molecule has 1 atom stereocenters. The highest BCUT2D eigenvalue weighted by molar-refractivity contribution is 5.88. The minimum absolute atomic E-state index is 0.0144. The predicted octanol–water partition coefficient (Wildman–Crippen LogP) is 2.10. The summed E-state index contributed by atoms with van der Waals surface area (Å²) in [6.07, 6.45) is 3.25. The number of carbonyl (C=O) groups excluding carboxylic acids is 1. The number of rotatable bonds is 5. The highest BCUT2D eigenvalue weighted by Crippen LogP contribution is 2.17. The van der Waals surface area contributed by atoms with Gasteiger partial charge in [0, 0.05) is 12.7 Å². The van der Waals surface area contributed by atoms with E-state index < -0.39 is 0 Å². The molecule has 0 radical (unpaired) electrons. The lowest BCUT2D eigenvalue weighted by atomic mass is 10.2. The smallest absolute Gasteiger partial charge is 0.320 e. The molecule has 0 aliphatic rings. The summed E-state index contributed by atoms with van der Waals surface area (Å²) in [7, 11) is 3.87. The Hall–Kier alpha value is -2.34. The molecule has 6 nitrogen and oxygen atoms in total. The van der Waals surface area contributed by atoms with E-state index in [9.17, 15) is 4.79 Å². The van der Waals surface area contributed by atoms with Crippen molar-refractivity contribution in [2.45, 2.75) is 6.04 Å². The van der Waals surface area contributed by atoms with Gasteiger partial charge in [0.05, 0.1) is 12.3 Å². The van der Waals surface area contributed by atoms with E-state index in [1.54, 1.807) is 24.6 Å². The molecule has 0 bridgehead atoms. The SMILES string of the molecule is CN(C)[C@@H](CNC(=O)Nc1ccccn1)c1ccco1. The van der Waals surface area contributed by atoms with Crippen molar-refractivity contribution in [3.05, 3.63) is 48.6 Å². The summed E-state index contributed by atoms with van der Waals surface area (Å²) in [5, 5.41) is 5.48. The largest absolute Gasteiger partial charge is 0.468 e. The average molecular weight is 274 g/mol. The van der Waals surface area contributed by atoms with Gasteiger partial charge in [0.25, 0.3) is 0 Å². The molecule has 0 unspecified atom stereocenters. The molecule has 106 valence electrons. The number of nitrogens with zero attached hydrogens (tertiary/aromatic N) is 2. The zero-order valence-electron chi connectivity index (χ0n) is 11.5. The van der Waals surface area contributed by atoms with Crippen LogP contribution in [-0.4, -0.2) is 36.6 Å². The summed E-state index contributed by atoms with van der Waals surface area (Å²) in [4.78, 5) is 17.8. The number of hydrogen-bond donors (Lipinski definition) is 2. The van der Waals surface area contributed by atoms with Crippen LogP contribution in [0.3, 0.4) is 0 Å². The first-order chi connectivity index (χ1) is 9.66. The van der Waals surface area contributed by atoms with Crippen LogP contribution in [0, 0.1) is 0 Å². The molecule has 2 rings (SSSR count). The summed E-state index contributed by atoms with van der Waals surface area (Å²) in [5.41, 5.74) is 0. The first-order valence-corrected chi connectivity index (χ1v) is 6.32. The number of furan rings is 1. The van der Waals surface area contributed by atoms with E-state index in [-0.39, 0.29) is 12.1 Å². The van der Waals surface area contributed by atoms with Crippen LogP contribution in [0.5, 0.6) is 0 Å². The van der Waals surface area contributed by atoms with Gasteiger partial charge in [-0.2, -0.15) is 0 Å². The molecule has 0 aromatic carbocycles. The van der Waals surface area contributed by atoms with Gasteiger partial charge < -0.3 is 9.73 Å². The topological polar surface area (TPSA) is 70.4 Å². The zero-order chi connectivity index (χ0) is 14.4. The minimum atomic E-state index is -0.290. The summed E-state index contributed by atoms with van der Waals surface area (Å²) >= 11 is 0. The maximum absolute atomic E-state index is 11.8. The number of anilines is 1. The van der Waals surface area contributed by atoms with Crippen molar-refractivity contribution in [3.63, 3.8) is 0 Å². The molecule has 0 saturated heterocycles. The number of urea groups is 1. The molecule has 0 aliphatic carbocycles. The molecule has 2 aromatic rings. The lowest BCUT2D eigenvalue weighted by Crippen LogP contribution is -2.36. The maximum atomic E-state index is 11.8. The summed E-state index contributed by atoms with van der Waals surface area (Å²) in [5.74, 6) is 1.33. The van der Waals surface area contributed by atoms with E-state index in [2.05, 4.69) is 15.6 Å². The van der Waals surface area contributed by atoms with E-state index in [4.69, 9.17) is 4.42 Å². The Kier molecular flexibility index (Phi) is 4.73. The van der Waals surface area contributed by atoms with Gasteiger partial charge in [0.1, 0.15) is 11.6 Å². The highest BCUT2D eigenvalue weighted by Gasteiger charge is 2.17. The predicted molar refractivity (Wildman–Crippen MR) is 76.4 cm³/mol. The lowest BCUT2D eigenvalue weighted by molar-refractivity contribution is 0.233. The molecule has 0 aliphatic heterocycles. The summed E-state index contributed by atoms with van der Waals surface area (Å²) in [6, 6.07) is 8.76. The minimum Gasteiger partial charge on any atom is -0.468 e. The Balaban J connectivity index is 1.88. The lowest BCUT2D eigenvalue weighted by Gasteiger charge is -2.22. The van der Waals surface area contributed by atoms with E-state index in [1.165, 1.54) is 0 Å². The van der Waals surface area contributed by atoms with E-state index in [1.807, 2.05) is 37.2 Å². The van der Waals surface area contributed by atoms with Gasteiger partial charge in [0.15, 0.2) is 0 Å². The third kappa shape index (κ3) is 3.83. The Bertz CT molecular complexity index is 525. The number of hydrogen-bond acceptors (Lipinski definition) is 4. The van der Waals surface area contributed by atoms with Gasteiger partial charge in [-0.3, -0.25) is 10.2 Å². The molecule has 0 fully saturated rings. The van der Waals surface area contributed by atoms with Crippen LogP contribution in [-0.2, 0) is 0 Å². The van der Waals surface area contributed by atoms with E-state index in [0.29, 0.717) is 12.4 Å². The Morgan fingerprint density at radius 3 is 2.80 bits per heavy atom. The van der Waals surface area contributed by atoms with Crippen LogP contribution in [0.15, 0.2) is 47.2 Å². The molecule has 2 amide bonds. The number of likely N-dealkylation sites (N-methyl/N-ethyl adjacent to an activating group) is 1. The van der Waals surface area contributed by atoms with Crippen LogP contribution in [0.25, 0.3) is 0 Å². The van der Waals surface area contributed by atoms with Crippen LogP contribution < -0.4 is 10.6 Å². The van der Waals surface area contributed by atoms with Gasteiger partial charge in [-0.25, -0.2) is 9.78 Å². The Morgan fingerprint density at radius 2 is 2.20 bits per heavy atom. The van der Waals surface area contributed by atoms with Crippen molar-refractivity contribution in [1.82, 2.24) is 15.2 Å². The molecular formula is C14H18N4O2. The van der Waals surface area contributed by atoms with Gasteiger partial charge in [0.2, 0.25) is 0 Å². The number of pyridine rings is 1. The first-order valence-electron chi connectivity index (χ1n) is 6.32. The molecule has 0 spiro atoms. The quantitative estimate of drug-likeness (QED) is 0.876. The van der Waals surface area contributed by atoms with Crippen LogP contribution >= 0.6 is 0 Å². The third-order valence-corrected chi connectivity index (χ3v) is 2.86. The molecule has 6 heteroatoms. The van der Waals surface area contributed by atoms with Crippen LogP contribution in [0.2, 0.25) is 0 Å². The Morgan fingerprint density at radius 1 is 1.35 bits per heavy atom. The van der Waals surface area contributed by atoms with Gasteiger partial charge >= 0.3 is 6.03 Å². The highest BCUT2D eigenvalue weighted by atomic mass is 16.3. The molecule has 0 saturated carbocycles. The van der Waals surface area contributed by atoms with Crippen molar-refractivity contribution >= 4 is 11.8 Å². The van der Waals surface area contributed by atoms with Crippen molar-refractivity contribution in [3.8, 4) is 0 Å². The monoisotopic (exact) mass is 274 g/mol. The van der Waals surface area contributed by atoms with Crippen molar-refractivity contribution < 1.29 is 9.21 Å². The second-order valence-electron chi connectivity index (χ2n) is 4.54. The number of nitrogens with one attached hydrogen (secondary N) is 2. The molecule has 2 N–H and O–H groups in total. The maximum Gasteiger partial charge on any atom is 0.320 e. The Labute approximate surface area is 117 Å². The normalized spacial score (nSPS) is 12.2. The second-order valence-corrected chi connectivity index (χ2v) is 4.54. The fourth-order valence-electron chi connectivity index (χ4n) is 1.81. The molecule has 20 heavy (non-hydrogen) atoms. The van der Waals surface area contributed by atoms with Gasteiger partial charge in [-0.1, -0.05) is 6.07 Å². The summed E-state index contributed by atoms with van der Waals surface area (Å²) < 4.78 is 5.38. The van der Waals surface area contributed by atoms with Crippen molar-refractivity contribution in [1.29, 1.82) is 0 Å². The van der Waals surface area contributed by atoms with Gasteiger partial charge in [-0.15, -0.1) is 0 Å². The summed E-state index contributed by atoms with van der Waals surface area (Å²) in [6.45, 7) is 0.444. The van der Waals surface area contributed by atoms with Crippen molar-refractivity contribution in [2.75, 3.05) is 26.0 Å². The van der Waals surface area contributed by atoms with E-state index >= 15 is 0 Å². The zero-order valence-corrected chi connectivity index (χ0v) is 11.5. The fourth-order valence-corrected chi connectivity index (χ4v) is 1.81. The van der Waals surface area contributed by atoms with Crippen molar-refractivity contribution in [2.24, 2.45) is 0 Å².